The fourth-order valence-corrected chi connectivity index (χ4v) is 0.612. The summed E-state index contributed by atoms with van der Waals surface area (Å²) in [5, 5.41) is 0. The Labute approximate surface area is 65.3 Å². The first-order valence-electron chi connectivity index (χ1n) is 2.11. The fraction of sp³-hybridized carbons (Fsp3) is 1.00. The van der Waals surface area contributed by atoms with Crippen molar-refractivity contribution < 1.29 is 14.2 Å². The molecule has 0 heterocycles. The molecule has 50 valence electrons. The van der Waals surface area contributed by atoms with Crippen LogP contribution < -0.4 is 0 Å². The molecule has 0 aromatic carbocycles. The molecule has 0 nitrogen and oxygen atoms in total. The van der Waals surface area contributed by atoms with Crippen molar-refractivity contribution in [2.45, 2.75) is 13.8 Å². The molecule has 0 aliphatic carbocycles. The van der Waals surface area contributed by atoms with Gasteiger partial charge in [0.2, 0.25) is 0 Å². The quantitative estimate of drug-likeness (QED) is 0.661. The van der Waals surface area contributed by atoms with E-state index in [1.807, 2.05) is 11.8 Å². The van der Waals surface area contributed by atoms with E-state index in [9.17, 15) is 0 Å². The Hall–Kier alpha value is 1.35. The summed E-state index contributed by atoms with van der Waals surface area (Å²) in [6.07, 6.45) is 0. The molecule has 0 aliphatic heterocycles. The molecule has 0 aromatic rings. The molecule has 0 rings (SSSR count). The van der Waals surface area contributed by atoms with E-state index in [1.165, 1.54) is 11.5 Å². The third kappa shape index (κ3) is 18.7. The van der Waals surface area contributed by atoms with E-state index in [2.05, 4.69) is 42.2 Å². The molecule has 0 aromatic heterocycles. The van der Waals surface area contributed by atoms with Crippen LogP contribution in [0.3, 0.4) is 0 Å². The van der Waals surface area contributed by atoms with Gasteiger partial charge in [-0.05, 0) is 11.5 Å². The van der Waals surface area contributed by atoms with E-state index in [-0.39, 0.29) is 0 Å². The van der Waals surface area contributed by atoms with Gasteiger partial charge >= 0.3 is 28.3 Å². The Bertz CT molecular complexity index is 19.2. The van der Waals surface area contributed by atoms with Crippen molar-refractivity contribution in [2.75, 3.05) is 11.5 Å². The molecule has 0 atom stereocenters. The SMILES string of the molecule is CCSCC.[Cu][Br]. The van der Waals surface area contributed by atoms with Gasteiger partial charge in [0.05, 0.1) is 0 Å². The van der Waals surface area contributed by atoms with Gasteiger partial charge < -0.3 is 0 Å². The van der Waals surface area contributed by atoms with Crippen LogP contribution in [-0.2, 0) is 14.2 Å². The molecule has 0 bridgehead atoms. The molecule has 3 heteroatoms. The second kappa shape index (κ2) is 15.7. The minimum absolute atomic E-state index is 1.26. The Morgan fingerprint density at radius 1 is 1.29 bits per heavy atom. The second-order valence-electron chi connectivity index (χ2n) is 0.781. The molecule has 0 aliphatic rings. The maximum atomic E-state index is 4.00. The van der Waals surface area contributed by atoms with E-state index < -0.39 is 0 Å². The summed E-state index contributed by atoms with van der Waals surface area (Å²) in [6.45, 7) is 4.35. The molecule has 0 spiro atoms. The summed E-state index contributed by atoms with van der Waals surface area (Å²) in [7, 11) is 0. The van der Waals surface area contributed by atoms with Crippen LogP contribution in [0.5, 0.6) is 0 Å². The Kier molecular flexibility index (Phi) is 25.0. The van der Waals surface area contributed by atoms with E-state index >= 15 is 0 Å². The summed E-state index contributed by atoms with van der Waals surface area (Å²) in [5.74, 6) is 2.52. The summed E-state index contributed by atoms with van der Waals surface area (Å²) in [4.78, 5) is 0. The first-order valence-corrected chi connectivity index (χ1v) is 5.59. The van der Waals surface area contributed by atoms with Gasteiger partial charge in [0, 0.05) is 0 Å². The fourth-order valence-electron chi connectivity index (χ4n) is 0.204. The molecular weight excluding hydrogens is 224 g/mol. The van der Waals surface area contributed by atoms with Gasteiger partial charge in [-0.25, -0.2) is 0 Å². The Morgan fingerprint density at radius 2 is 1.57 bits per heavy atom. The number of thioether (sulfide) groups is 1. The molecule has 0 saturated heterocycles. The van der Waals surface area contributed by atoms with Crippen molar-refractivity contribution in [3.63, 3.8) is 0 Å². The molecule has 0 amide bonds. The number of halogens is 1. The standard InChI is InChI=1S/C4H10S.BrH.Cu/c1-3-5-4-2;;/h3-4H2,1-2H3;1H;/q;;+1/p-1. The van der Waals surface area contributed by atoms with Gasteiger partial charge in [-0.2, -0.15) is 11.8 Å². The van der Waals surface area contributed by atoms with E-state index in [0.717, 1.165) is 0 Å². The molecule has 0 N–H and O–H groups in total. The predicted octanol–water partition coefficient (Wildman–Crippen LogP) is 2.60. The molecule has 0 unspecified atom stereocenters. The summed E-state index contributed by atoms with van der Waals surface area (Å²) in [5.41, 5.74) is 0. The molecule has 0 fully saturated rings. The average molecular weight is 234 g/mol. The molecule has 0 radical (unpaired) electrons. The van der Waals surface area contributed by atoms with Gasteiger partial charge in [-0.1, -0.05) is 13.8 Å². The van der Waals surface area contributed by atoms with Crippen LogP contribution in [0.4, 0.5) is 0 Å². The van der Waals surface area contributed by atoms with Crippen LogP contribution in [0.2, 0.25) is 0 Å². The predicted molar refractivity (Wildman–Crippen MR) is 37.6 cm³/mol. The first-order chi connectivity index (χ1) is 3.41. The first kappa shape index (κ1) is 11.2. The third-order valence-electron chi connectivity index (χ3n) is 0.408. The summed E-state index contributed by atoms with van der Waals surface area (Å²) >= 11 is 8.46. The van der Waals surface area contributed by atoms with Gasteiger partial charge in [0.15, 0.2) is 0 Å². The topological polar surface area (TPSA) is 0 Å². The summed E-state index contributed by atoms with van der Waals surface area (Å²) in [6, 6.07) is 0. The number of hydrogen-bond acceptors (Lipinski definition) is 1. The van der Waals surface area contributed by atoms with Crippen molar-refractivity contribution in [3.05, 3.63) is 0 Å². The number of rotatable bonds is 2. The van der Waals surface area contributed by atoms with Gasteiger partial charge in [-0.15, -0.1) is 0 Å². The second-order valence-corrected chi connectivity index (χ2v) is 2.34. The van der Waals surface area contributed by atoms with Gasteiger partial charge in [0.1, 0.15) is 0 Å². The summed E-state index contributed by atoms with van der Waals surface area (Å²) < 4.78 is 0. The zero-order valence-electron chi connectivity index (χ0n) is 4.50. The van der Waals surface area contributed by atoms with Crippen LogP contribution in [0, 0.1) is 0 Å². The normalized spacial score (nSPS) is 7.00. The van der Waals surface area contributed by atoms with Gasteiger partial charge in [0.25, 0.3) is 0 Å². The van der Waals surface area contributed by atoms with Crippen LogP contribution in [0.1, 0.15) is 13.8 Å². The Morgan fingerprint density at radius 3 is 1.57 bits per heavy atom. The zero-order chi connectivity index (χ0) is 6.12. The van der Waals surface area contributed by atoms with E-state index in [0.29, 0.717) is 0 Å². The van der Waals surface area contributed by atoms with E-state index in [1.54, 1.807) is 0 Å². The molecule has 7 heavy (non-hydrogen) atoms. The minimum atomic E-state index is 1.26. The van der Waals surface area contributed by atoms with Crippen LogP contribution in [0.25, 0.3) is 0 Å². The Balaban J connectivity index is 0. The molecular formula is C4H10BrCuS. The van der Waals surface area contributed by atoms with Crippen LogP contribution in [-0.4, -0.2) is 11.5 Å². The average Bonchev–Trinajstić information content (AvgIpc) is 1.75. The molecule has 0 saturated carbocycles. The van der Waals surface area contributed by atoms with Crippen molar-refractivity contribution in [1.82, 2.24) is 0 Å². The van der Waals surface area contributed by atoms with Gasteiger partial charge in [-0.3, -0.25) is 0 Å². The van der Waals surface area contributed by atoms with E-state index in [4.69, 9.17) is 0 Å². The van der Waals surface area contributed by atoms with Crippen molar-refractivity contribution >= 4 is 25.9 Å². The van der Waals surface area contributed by atoms with Crippen LogP contribution >= 0.6 is 25.9 Å². The van der Waals surface area contributed by atoms with Crippen molar-refractivity contribution in [1.29, 1.82) is 0 Å². The maximum absolute atomic E-state index is 4.00. The van der Waals surface area contributed by atoms with Crippen molar-refractivity contribution in [3.8, 4) is 0 Å². The zero-order valence-corrected chi connectivity index (χ0v) is 7.85. The number of hydrogen-bond donors (Lipinski definition) is 0. The monoisotopic (exact) mass is 232 g/mol. The van der Waals surface area contributed by atoms with Crippen molar-refractivity contribution in [2.24, 2.45) is 0 Å². The van der Waals surface area contributed by atoms with Crippen LogP contribution in [0.15, 0.2) is 0 Å². The third-order valence-corrected chi connectivity index (χ3v) is 1.22.